The molecule has 0 saturated heterocycles. The van der Waals surface area contributed by atoms with E-state index in [-0.39, 0.29) is 5.82 Å². The van der Waals surface area contributed by atoms with Gasteiger partial charge in [-0.1, -0.05) is 12.1 Å². The maximum atomic E-state index is 13.2. The molecule has 0 atom stereocenters. The number of benzene rings is 1. The fourth-order valence-electron chi connectivity index (χ4n) is 2.41. The minimum absolute atomic E-state index is 0.252. The summed E-state index contributed by atoms with van der Waals surface area (Å²) in [5.74, 6) is 1.16. The molecule has 0 unspecified atom stereocenters. The van der Waals surface area contributed by atoms with E-state index in [1.807, 2.05) is 17.5 Å². The summed E-state index contributed by atoms with van der Waals surface area (Å²) in [7, 11) is 0. The second-order valence-corrected chi connectivity index (χ2v) is 6.10. The second-order valence-electron chi connectivity index (χ2n) is 5.20. The lowest BCUT2D eigenvalue weighted by molar-refractivity contribution is 0.618. The SMILES string of the molecule is Fc1cccc(Cn2cnc(CNc3ncnc4sccc34)n2)c1. The zero-order valence-electron chi connectivity index (χ0n) is 12.6. The molecule has 6 nitrogen and oxygen atoms in total. The van der Waals surface area contributed by atoms with Crippen molar-refractivity contribution in [3.63, 3.8) is 0 Å². The Morgan fingerprint density at radius 3 is 3.04 bits per heavy atom. The molecule has 3 heterocycles. The number of nitrogens with one attached hydrogen (secondary N) is 1. The first kappa shape index (κ1) is 14.7. The highest BCUT2D eigenvalue weighted by atomic mass is 32.1. The molecule has 0 fully saturated rings. The van der Waals surface area contributed by atoms with Crippen LogP contribution in [0.4, 0.5) is 10.2 Å². The largest absolute Gasteiger partial charge is 0.362 e. The van der Waals surface area contributed by atoms with Gasteiger partial charge in [-0.25, -0.2) is 24.0 Å². The molecule has 4 aromatic rings. The molecular weight excluding hydrogens is 327 g/mol. The van der Waals surface area contributed by atoms with E-state index in [0.717, 1.165) is 21.6 Å². The first-order chi connectivity index (χ1) is 11.8. The smallest absolute Gasteiger partial charge is 0.169 e. The van der Waals surface area contributed by atoms with Crippen LogP contribution in [-0.2, 0) is 13.1 Å². The molecule has 0 spiro atoms. The van der Waals surface area contributed by atoms with Gasteiger partial charge in [-0.05, 0) is 29.1 Å². The molecule has 0 bridgehead atoms. The quantitative estimate of drug-likeness (QED) is 0.605. The van der Waals surface area contributed by atoms with Crippen LogP contribution >= 0.6 is 11.3 Å². The van der Waals surface area contributed by atoms with Gasteiger partial charge in [-0.15, -0.1) is 11.3 Å². The van der Waals surface area contributed by atoms with Gasteiger partial charge >= 0.3 is 0 Å². The Hall–Kier alpha value is -2.87. The van der Waals surface area contributed by atoms with Crippen LogP contribution in [0.1, 0.15) is 11.4 Å². The van der Waals surface area contributed by atoms with Gasteiger partial charge in [0.05, 0.1) is 18.5 Å². The van der Waals surface area contributed by atoms with Crippen molar-refractivity contribution in [2.75, 3.05) is 5.32 Å². The molecule has 0 aliphatic rings. The summed E-state index contributed by atoms with van der Waals surface area (Å²) in [4.78, 5) is 13.7. The van der Waals surface area contributed by atoms with Gasteiger partial charge in [-0.3, -0.25) is 0 Å². The lowest BCUT2D eigenvalue weighted by Gasteiger charge is -2.04. The molecule has 120 valence electrons. The van der Waals surface area contributed by atoms with Crippen molar-refractivity contribution in [3.8, 4) is 0 Å². The van der Waals surface area contributed by atoms with E-state index in [1.165, 1.54) is 18.5 Å². The minimum atomic E-state index is -0.252. The third-order valence-electron chi connectivity index (χ3n) is 3.49. The van der Waals surface area contributed by atoms with Gasteiger partial charge in [0, 0.05) is 0 Å². The Kier molecular flexibility index (Phi) is 3.87. The van der Waals surface area contributed by atoms with Crippen LogP contribution in [0.15, 0.2) is 48.4 Å². The standard InChI is InChI=1S/C16H13FN6S/c17-12-3-1-2-11(6-12)8-23-10-21-14(22-23)7-18-15-13-4-5-24-16(13)20-9-19-15/h1-6,9-10H,7-8H2,(H,18,19,20). The summed E-state index contributed by atoms with van der Waals surface area (Å²) in [6.07, 6.45) is 3.18. The second kappa shape index (κ2) is 6.32. The third-order valence-corrected chi connectivity index (χ3v) is 4.31. The van der Waals surface area contributed by atoms with Crippen LogP contribution < -0.4 is 5.32 Å². The average molecular weight is 340 g/mol. The van der Waals surface area contributed by atoms with Gasteiger partial charge in [0.2, 0.25) is 0 Å². The molecule has 1 N–H and O–H groups in total. The summed E-state index contributed by atoms with van der Waals surface area (Å²) in [6.45, 7) is 0.936. The first-order valence-electron chi connectivity index (χ1n) is 7.33. The fraction of sp³-hybridized carbons (Fsp3) is 0.125. The van der Waals surface area contributed by atoms with E-state index >= 15 is 0 Å². The van der Waals surface area contributed by atoms with E-state index < -0.39 is 0 Å². The van der Waals surface area contributed by atoms with Crippen LogP contribution in [0, 0.1) is 5.82 Å². The van der Waals surface area contributed by atoms with Gasteiger partial charge in [0.15, 0.2) is 5.82 Å². The molecule has 0 aliphatic heterocycles. The van der Waals surface area contributed by atoms with E-state index in [4.69, 9.17) is 0 Å². The van der Waals surface area contributed by atoms with Crippen molar-refractivity contribution in [2.24, 2.45) is 0 Å². The van der Waals surface area contributed by atoms with Gasteiger partial charge in [-0.2, -0.15) is 5.10 Å². The summed E-state index contributed by atoms with van der Waals surface area (Å²) >= 11 is 1.57. The zero-order valence-corrected chi connectivity index (χ0v) is 13.4. The number of hydrogen-bond donors (Lipinski definition) is 1. The van der Waals surface area contributed by atoms with Crippen LogP contribution in [0.2, 0.25) is 0 Å². The number of hydrogen-bond acceptors (Lipinski definition) is 6. The van der Waals surface area contributed by atoms with Crippen molar-refractivity contribution >= 4 is 27.4 Å². The molecule has 8 heteroatoms. The number of fused-ring (bicyclic) bond motifs is 1. The third kappa shape index (κ3) is 3.09. The lowest BCUT2D eigenvalue weighted by atomic mass is 10.2. The van der Waals surface area contributed by atoms with E-state index in [2.05, 4.69) is 25.4 Å². The highest BCUT2D eigenvalue weighted by molar-refractivity contribution is 7.16. The summed E-state index contributed by atoms with van der Waals surface area (Å²) in [5.41, 5.74) is 0.843. The van der Waals surface area contributed by atoms with Gasteiger partial charge < -0.3 is 5.32 Å². The summed E-state index contributed by atoms with van der Waals surface area (Å²) in [5, 5.41) is 10.6. The monoisotopic (exact) mass is 340 g/mol. The Balaban J connectivity index is 1.45. The molecule has 24 heavy (non-hydrogen) atoms. The van der Waals surface area contributed by atoms with E-state index in [0.29, 0.717) is 18.9 Å². The van der Waals surface area contributed by atoms with Crippen molar-refractivity contribution < 1.29 is 4.39 Å². The van der Waals surface area contributed by atoms with Gasteiger partial charge in [0.25, 0.3) is 0 Å². The fourth-order valence-corrected chi connectivity index (χ4v) is 3.14. The first-order valence-corrected chi connectivity index (χ1v) is 8.21. The molecule has 1 aromatic carbocycles. The van der Waals surface area contributed by atoms with Crippen molar-refractivity contribution in [1.29, 1.82) is 0 Å². The van der Waals surface area contributed by atoms with Gasteiger partial charge in [0.1, 0.15) is 29.1 Å². The number of halogens is 1. The van der Waals surface area contributed by atoms with E-state index in [1.54, 1.807) is 28.4 Å². The number of thiophene rings is 1. The average Bonchev–Trinajstić information content (AvgIpc) is 3.22. The molecule has 0 radical (unpaired) electrons. The number of aromatic nitrogens is 5. The predicted octanol–water partition coefficient (Wildman–Crippen LogP) is 3.08. The Morgan fingerprint density at radius 2 is 2.12 bits per heavy atom. The predicted molar refractivity (Wildman–Crippen MR) is 90.3 cm³/mol. The topological polar surface area (TPSA) is 68.5 Å². The molecular formula is C16H13FN6S. The molecule has 3 aromatic heterocycles. The molecule has 4 rings (SSSR count). The van der Waals surface area contributed by atoms with Crippen molar-refractivity contribution in [3.05, 3.63) is 65.6 Å². The molecule has 0 saturated carbocycles. The summed E-state index contributed by atoms with van der Waals surface area (Å²) < 4.78 is 14.9. The lowest BCUT2D eigenvalue weighted by Crippen LogP contribution is -2.06. The Morgan fingerprint density at radius 1 is 1.17 bits per heavy atom. The van der Waals surface area contributed by atoms with Crippen LogP contribution in [0.5, 0.6) is 0 Å². The maximum absolute atomic E-state index is 13.2. The van der Waals surface area contributed by atoms with Crippen LogP contribution in [0.3, 0.4) is 0 Å². The number of nitrogens with zero attached hydrogens (tertiary/aromatic N) is 5. The maximum Gasteiger partial charge on any atom is 0.169 e. The molecule has 0 amide bonds. The molecule has 0 aliphatic carbocycles. The minimum Gasteiger partial charge on any atom is -0.362 e. The summed E-state index contributed by atoms with van der Waals surface area (Å²) in [6, 6.07) is 8.45. The van der Waals surface area contributed by atoms with Crippen LogP contribution in [0.25, 0.3) is 10.2 Å². The number of anilines is 1. The Labute approximate surface area is 141 Å². The zero-order chi connectivity index (χ0) is 16.4. The highest BCUT2D eigenvalue weighted by Gasteiger charge is 2.07. The Bertz CT molecular complexity index is 979. The normalized spacial score (nSPS) is 11.0. The van der Waals surface area contributed by atoms with E-state index in [9.17, 15) is 4.39 Å². The highest BCUT2D eigenvalue weighted by Crippen LogP contribution is 2.23. The van der Waals surface area contributed by atoms with Crippen LogP contribution in [-0.4, -0.2) is 24.7 Å². The van der Waals surface area contributed by atoms with Crippen molar-refractivity contribution in [1.82, 2.24) is 24.7 Å². The van der Waals surface area contributed by atoms with Crippen molar-refractivity contribution in [2.45, 2.75) is 13.1 Å². The number of rotatable bonds is 5.